The summed E-state index contributed by atoms with van der Waals surface area (Å²) in [5, 5.41) is 0. The van der Waals surface area contributed by atoms with Crippen LogP contribution in [0.15, 0.2) is 24.5 Å². The Bertz CT molecular complexity index is 388. The van der Waals surface area contributed by atoms with E-state index in [0.717, 1.165) is 23.0 Å². The van der Waals surface area contributed by atoms with E-state index in [0.29, 0.717) is 0 Å². The van der Waals surface area contributed by atoms with Gasteiger partial charge in [-0.3, -0.25) is 9.97 Å². The number of alkyl halides is 1. The minimum absolute atomic E-state index is 0. The average Bonchev–Trinajstić information content (AvgIpc) is 2.31. The molecule has 2 heterocycles. The van der Waals surface area contributed by atoms with Gasteiger partial charge in [0.1, 0.15) is 11.6 Å². The Balaban J connectivity index is 0. The molecule has 0 fully saturated rings. The van der Waals surface area contributed by atoms with Gasteiger partial charge in [-0.15, -0.1) is 0 Å². The Hall–Kier alpha value is -0.136. The Morgan fingerprint density at radius 3 is 1.63 bits per heavy atom. The number of aryl methyl sites for hydroxylation is 3. The summed E-state index contributed by atoms with van der Waals surface area (Å²) >= 11 is 2.15. The molecule has 0 saturated heterocycles. The minimum Gasteiger partial charge on any atom is -0.273 e. The molecule has 6 heteroatoms. The van der Waals surface area contributed by atoms with Crippen LogP contribution < -0.4 is 0 Å². The van der Waals surface area contributed by atoms with E-state index in [2.05, 4.69) is 49.5 Å². The summed E-state index contributed by atoms with van der Waals surface area (Å²) in [6.45, 7) is 9.31. The van der Waals surface area contributed by atoms with E-state index < -0.39 is 0 Å². The standard InChI is InChI=1S/C6H8N2.C6H7N2.CH3I.Y/c2*1-5-3-4-7-6(2)8-5;1-2;/h3-4H,1-2H3;3-4H,1H2,2H3;1H3;/q;-1;;. The van der Waals surface area contributed by atoms with E-state index in [4.69, 9.17) is 0 Å². The number of nitrogens with zero attached hydrogens (tertiary/aromatic N) is 4. The quantitative estimate of drug-likeness (QED) is 0.355. The third kappa shape index (κ3) is 11.4. The Morgan fingerprint density at radius 2 is 1.37 bits per heavy atom. The summed E-state index contributed by atoms with van der Waals surface area (Å²) in [4.78, 5) is 17.8. The first kappa shape index (κ1) is 21.2. The Kier molecular flexibility index (Phi) is 14.3. The van der Waals surface area contributed by atoms with Crippen LogP contribution in [0.1, 0.15) is 23.0 Å². The van der Waals surface area contributed by atoms with Crippen LogP contribution >= 0.6 is 22.6 Å². The van der Waals surface area contributed by atoms with Crippen molar-refractivity contribution >= 4 is 22.6 Å². The van der Waals surface area contributed by atoms with Crippen LogP contribution in [0, 0.1) is 27.7 Å². The number of rotatable bonds is 0. The fourth-order valence-corrected chi connectivity index (χ4v) is 1.08. The third-order valence-electron chi connectivity index (χ3n) is 1.75. The van der Waals surface area contributed by atoms with Gasteiger partial charge in [0.25, 0.3) is 0 Å². The first-order chi connectivity index (χ1) is 8.58. The molecule has 0 saturated carbocycles. The minimum atomic E-state index is 0. The van der Waals surface area contributed by atoms with Crippen molar-refractivity contribution in [2.75, 3.05) is 4.93 Å². The van der Waals surface area contributed by atoms with Crippen molar-refractivity contribution in [3.05, 3.63) is 54.5 Å². The van der Waals surface area contributed by atoms with Crippen LogP contribution in [-0.4, -0.2) is 24.9 Å². The first-order valence-corrected chi connectivity index (χ1v) is 7.49. The van der Waals surface area contributed by atoms with Gasteiger partial charge in [0, 0.05) is 44.6 Å². The number of hydrogen-bond donors (Lipinski definition) is 0. The van der Waals surface area contributed by atoms with Crippen LogP contribution in [0.2, 0.25) is 0 Å². The first-order valence-electron chi connectivity index (χ1n) is 5.33. The molecule has 0 amide bonds. The molecule has 0 N–H and O–H groups in total. The SMILES string of the molecule is CI.Cc1ccnc(C)n1.[CH2-]c1ccnc(C)n1.[Y]. The summed E-state index contributed by atoms with van der Waals surface area (Å²) in [5.41, 5.74) is 1.80. The van der Waals surface area contributed by atoms with Crippen molar-refractivity contribution in [3.63, 3.8) is 0 Å². The van der Waals surface area contributed by atoms with E-state index in [9.17, 15) is 0 Å². The zero-order valence-corrected chi connectivity index (χ0v) is 16.8. The molecule has 101 valence electrons. The van der Waals surface area contributed by atoms with Gasteiger partial charge in [-0.1, -0.05) is 28.3 Å². The monoisotopic (exact) mass is 446 g/mol. The van der Waals surface area contributed by atoms with Gasteiger partial charge in [0.15, 0.2) is 0 Å². The second-order valence-electron chi connectivity index (χ2n) is 3.34. The van der Waals surface area contributed by atoms with Crippen LogP contribution in [0.4, 0.5) is 0 Å². The second kappa shape index (κ2) is 12.9. The Morgan fingerprint density at radius 1 is 0.895 bits per heavy atom. The van der Waals surface area contributed by atoms with Gasteiger partial charge < -0.3 is 0 Å². The van der Waals surface area contributed by atoms with Crippen molar-refractivity contribution < 1.29 is 32.7 Å². The van der Waals surface area contributed by atoms with E-state index in [1.54, 1.807) is 18.5 Å². The zero-order valence-electron chi connectivity index (χ0n) is 11.8. The second-order valence-corrected chi connectivity index (χ2v) is 3.34. The van der Waals surface area contributed by atoms with Crippen LogP contribution in [0.5, 0.6) is 0 Å². The molecule has 0 aliphatic heterocycles. The molecule has 2 aromatic rings. The summed E-state index contributed by atoms with van der Waals surface area (Å²) in [6, 6.07) is 3.65. The zero-order chi connectivity index (χ0) is 14.0. The predicted octanol–water partition coefficient (Wildman–Crippen LogP) is 3.11. The van der Waals surface area contributed by atoms with Gasteiger partial charge in [-0.25, -0.2) is 16.9 Å². The summed E-state index contributed by atoms with van der Waals surface area (Å²) in [7, 11) is 0. The molecule has 2 rings (SSSR count). The molecule has 19 heavy (non-hydrogen) atoms. The molecule has 2 aromatic heterocycles. The number of hydrogen-bond acceptors (Lipinski definition) is 4. The molecule has 0 spiro atoms. The van der Waals surface area contributed by atoms with E-state index in [1.807, 2.05) is 31.8 Å². The molecule has 0 atom stereocenters. The third-order valence-corrected chi connectivity index (χ3v) is 1.75. The van der Waals surface area contributed by atoms with Gasteiger partial charge in [0.2, 0.25) is 0 Å². The van der Waals surface area contributed by atoms with Crippen molar-refractivity contribution in [1.82, 2.24) is 19.9 Å². The van der Waals surface area contributed by atoms with Gasteiger partial charge in [-0.2, -0.15) is 6.07 Å². The fraction of sp³-hybridized carbons (Fsp3) is 0.308. The van der Waals surface area contributed by atoms with Crippen LogP contribution in [-0.2, 0) is 32.7 Å². The Labute approximate surface area is 154 Å². The van der Waals surface area contributed by atoms with Gasteiger partial charge in [0.05, 0.1) is 0 Å². The van der Waals surface area contributed by atoms with Crippen molar-refractivity contribution in [2.24, 2.45) is 0 Å². The van der Waals surface area contributed by atoms with Crippen LogP contribution in [0.25, 0.3) is 0 Å². The molecule has 0 unspecified atom stereocenters. The van der Waals surface area contributed by atoms with Crippen molar-refractivity contribution in [2.45, 2.75) is 20.8 Å². The summed E-state index contributed by atoms with van der Waals surface area (Å²) < 4.78 is 0. The molecule has 1 radical (unpaired) electrons. The largest absolute Gasteiger partial charge is 0.273 e. The van der Waals surface area contributed by atoms with Gasteiger partial charge in [-0.05, 0) is 38.0 Å². The maximum absolute atomic E-state index is 4.06. The smallest absolute Gasteiger partial charge is 0.125 e. The molecular formula is C13H18IN4Y-. The van der Waals surface area contributed by atoms with Crippen molar-refractivity contribution in [1.29, 1.82) is 0 Å². The normalized spacial score (nSPS) is 8.05. The fourth-order valence-electron chi connectivity index (χ4n) is 1.08. The molecular weight excluding hydrogens is 428 g/mol. The topological polar surface area (TPSA) is 51.6 Å². The molecule has 0 aromatic carbocycles. The number of halogens is 1. The van der Waals surface area contributed by atoms with E-state index in [-0.39, 0.29) is 32.7 Å². The average molecular weight is 446 g/mol. The molecule has 0 aliphatic rings. The van der Waals surface area contributed by atoms with E-state index in [1.165, 1.54) is 0 Å². The molecule has 0 aliphatic carbocycles. The summed E-state index contributed by atoms with van der Waals surface area (Å²) in [5.74, 6) is 1.61. The molecule has 0 bridgehead atoms. The van der Waals surface area contributed by atoms with Crippen molar-refractivity contribution in [3.8, 4) is 0 Å². The van der Waals surface area contributed by atoms with Crippen LogP contribution in [0.3, 0.4) is 0 Å². The maximum atomic E-state index is 4.06. The number of aromatic nitrogens is 4. The van der Waals surface area contributed by atoms with Gasteiger partial charge >= 0.3 is 0 Å². The molecule has 4 nitrogen and oxygen atoms in total. The predicted molar refractivity (Wildman–Crippen MR) is 82.7 cm³/mol. The van der Waals surface area contributed by atoms with E-state index >= 15 is 0 Å². The maximum Gasteiger partial charge on any atom is 0.125 e. The summed E-state index contributed by atoms with van der Waals surface area (Å²) in [6.07, 6.45) is 3.46.